The molecule has 0 atom stereocenters. The number of carbonyl (C=O) groups is 3. The molecule has 1 saturated heterocycles. The van der Waals surface area contributed by atoms with Crippen LogP contribution in [0.2, 0.25) is 15.1 Å². The third-order valence-electron chi connectivity index (χ3n) is 4.87. The highest BCUT2D eigenvalue weighted by molar-refractivity contribution is 8.18. The smallest absolute Gasteiger partial charge is 0.293 e. The number of hydrogen-bond acceptors (Lipinski definition) is 5. The molecule has 0 spiro atoms. The van der Waals surface area contributed by atoms with E-state index in [4.69, 9.17) is 39.5 Å². The van der Waals surface area contributed by atoms with Crippen molar-refractivity contribution in [1.82, 2.24) is 4.90 Å². The minimum Gasteiger partial charge on any atom is -0.484 e. The van der Waals surface area contributed by atoms with Gasteiger partial charge in [-0.3, -0.25) is 19.3 Å². The lowest BCUT2D eigenvalue weighted by Gasteiger charge is -2.13. The van der Waals surface area contributed by atoms with Crippen molar-refractivity contribution in [3.8, 4) is 5.75 Å². The van der Waals surface area contributed by atoms with Crippen LogP contribution in [-0.2, 0) is 16.1 Å². The number of anilines is 1. The number of thioether (sulfide) groups is 1. The number of benzene rings is 3. The zero-order valence-electron chi connectivity index (χ0n) is 18.0. The predicted octanol–water partition coefficient (Wildman–Crippen LogP) is 6.90. The normalized spacial score (nSPS) is 14.5. The van der Waals surface area contributed by atoms with Crippen LogP contribution in [0.4, 0.5) is 10.5 Å². The molecule has 3 amide bonds. The maximum absolute atomic E-state index is 12.8. The summed E-state index contributed by atoms with van der Waals surface area (Å²) in [6.45, 7) is -0.141. The molecule has 35 heavy (non-hydrogen) atoms. The largest absolute Gasteiger partial charge is 0.484 e. The standard InChI is InChI=1S/C25H17Cl3N2O4S/c26-18-9-8-16(11-20(18)28)13-30-24(32)22(35-25(30)33)12-15-4-3-5-17(10-15)34-14-23(31)29-21-7-2-1-6-19(21)27/h1-12H,13-14H2,(H,29,31)/b22-12-. The Bertz CT molecular complexity index is 1350. The number of rotatable bonds is 7. The second-order valence-corrected chi connectivity index (χ2v) is 9.62. The maximum Gasteiger partial charge on any atom is 0.293 e. The lowest BCUT2D eigenvalue weighted by molar-refractivity contribution is -0.123. The van der Waals surface area contributed by atoms with E-state index in [1.54, 1.807) is 72.8 Å². The Labute approximate surface area is 220 Å². The van der Waals surface area contributed by atoms with Crippen LogP contribution in [0, 0.1) is 0 Å². The fourth-order valence-electron chi connectivity index (χ4n) is 3.20. The first-order valence-corrected chi connectivity index (χ1v) is 12.2. The zero-order chi connectivity index (χ0) is 24.9. The van der Waals surface area contributed by atoms with Gasteiger partial charge in [0.25, 0.3) is 17.1 Å². The molecule has 1 fully saturated rings. The van der Waals surface area contributed by atoms with Gasteiger partial charge >= 0.3 is 0 Å². The minimum absolute atomic E-state index is 0.0859. The minimum atomic E-state index is -0.406. The topological polar surface area (TPSA) is 75.7 Å². The van der Waals surface area contributed by atoms with Gasteiger partial charge in [0.1, 0.15) is 5.75 Å². The van der Waals surface area contributed by atoms with Crippen molar-refractivity contribution in [1.29, 1.82) is 0 Å². The van der Waals surface area contributed by atoms with Crippen LogP contribution in [0.1, 0.15) is 11.1 Å². The Morgan fingerprint density at radius 1 is 0.943 bits per heavy atom. The number of imide groups is 1. The molecular weight excluding hydrogens is 531 g/mol. The summed E-state index contributed by atoms with van der Waals surface area (Å²) >= 11 is 18.9. The van der Waals surface area contributed by atoms with E-state index < -0.39 is 5.91 Å². The van der Waals surface area contributed by atoms with Crippen LogP contribution < -0.4 is 10.1 Å². The lowest BCUT2D eigenvalue weighted by Crippen LogP contribution is -2.27. The average molecular weight is 548 g/mol. The van der Waals surface area contributed by atoms with Gasteiger partial charge in [-0.1, -0.05) is 65.1 Å². The molecule has 1 heterocycles. The highest BCUT2D eigenvalue weighted by Crippen LogP contribution is 2.34. The van der Waals surface area contributed by atoms with Crippen molar-refractivity contribution >= 4 is 75.4 Å². The Balaban J connectivity index is 1.40. The van der Waals surface area contributed by atoms with Crippen molar-refractivity contribution in [3.05, 3.63) is 97.8 Å². The molecule has 0 unspecified atom stereocenters. The molecule has 0 bridgehead atoms. The highest BCUT2D eigenvalue weighted by atomic mass is 35.5. The lowest BCUT2D eigenvalue weighted by atomic mass is 10.2. The second-order valence-electron chi connectivity index (χ2n) is 7.41. The summed E-state index contributed by atoms with van der Waals surface area (Å²) in [5.74, 6) is -0.341. The summed E-state index contributed by atoms with van der Waals surface area (Å²) in [5.41, 5.74) is 1.83. The Hall–Kier alpha value is -2.97. The molecule has 1 N–H and O–H groups in total. The third-order valence-corrected chi connectivity index (χ3v) is 6.85. The van der Waals surface area contributed by atoms with Crippen molar-refractivity contribution in [2.75, 3.05) is 11.9 Å². The number of ether oxygens (including phenoxy) is 1. The fourth-order valence-corrected chi connectivity index (χ4v) is 4.54. The summed E-state index contributed by atoms with van der Waals surface area (Å²) < 4.78 is 5.58. The van der Waals surface area contributed by atoms with Crippen LogP contribution in [0.25, 0.3) is 6.08 Å². The molecule has 10 heteroatoms. The molecule has 3 aromatic rings. The number of amides is 3. The first kappa shape index (κ1) is 25.1. The maximum atomic E-state index is 12.8. The second kappa shape index (κ2) is 11.2. The molecule has 6 nitrogen and oxygen atoms in total. The first-order valence-electron chi connectivity index (χ1n) is 10.3. The van der Waals surface area contributed by atoms with Gasteiger partial charge in [-0.05, 0) is 65.4 Å². The van der Waals surface area contributed by atoms with E-state index in [0.29, 0.717) is 37.6 Å². The summed E-state index contributed by atoms with van der Waals surface area (Å²) in [5, 5.41) is 3.48. The average Bonchev–Trinajstić information content (AvgIpc) is 3.09. The molecule has 178 valence electrons. The predicted molar refractivity (Wildman–Crippen MR) is 140 cm³/mol. The van der Waals surface area contributed by atoms with Gasteiger partial charge in [-0.2, -0.15) is 0 Å². The van der Waals surface area contributed by atoms with Crippen LogP contribution >= 0.6 is 46.6 Å². The summed E-state index contributed by atoms with van der Waals surface area (Å²) in [4.78, 5) is 38.9. The van der Waals surface area contributed by atoms with E-state index in [2.05, 4.69) is 5.32 Å². The van der Waals surface area contributed by atoms with Crippen molar-refractivity contribution in [3.63, 3.8) is 0 Å². The zero-order valence-corrected chi connectivity index (χ0v) is 21.0. The molecule has 0 aromatic heterocycles. The van der Waals surface area contributed by atoms with Crippen molar-refractivity contribution in [2.45, 2.75) is 6.54 Å². The number of nitrogens with one attached hydrogen (secondary N) is 1. The molecule has 3 aromatic carbocycles. The summed E-state index contributed by atoms with van der Waals surface area (Å²) in [6, 6.07) is 18.7. The number of para-hydroxylation sites is 1. The van der Waals surface area contributed by atoms with Crippen molar-refractivity contribution in [2.24, 2.45) is 0 Å². The fraction of sp³-hybridized carbons (Fsp3) is 0.0800. The van der Waals surface area contributed by atoms with Crippen LogP contribution in [0.5, 0.6) is 5.75 Å². The van der Waals surface area contributed by atoms with Crippen LogP contribution in [0.3, 0.4) is 0 Å². The molecule has 0 aliphatic carbocycles. The van der Waals surface area contributed by atoms with Gasteiger partial charge < -0.3 is 10.1 Å². The van der Waals surface area contributed by atoms with E-state index in [-0.39, 0.29) is 29.2 Å². The summed E-state index contributed by atoms with van der Waals surface area (Å²) in [7, 11) is 0. The molecule has 4 rings (SSSR count). The highest BCUT2D eigenvalue weighted by Gasteiger charge is 2.35. The molecule has 0 saturated carbocycles. The third kappa shape index (κ3) is 6.38. The van der Waals surface area contributed by atoms with Gasteiger partial charge in [0.15, 0.2) is 6.61 Å². The van der Waals surface area contributed by atoms with Crippen LogP contribution in [-0.4, -0.2) is 28.6 Å². The molecule has 0 radical (unpaired) electrons. The molecule has 1 aliphatic rings. The molecular formula is C25H17Cl3N2O4S. The van der Waals surface area contributed by atoms with Gasteiger partial charge in [0, 0.05) is 0 Å². The SMILES string of the molecule is O=C(COc1cccc(/C=C2\SC(=O)N(Cc3ccc(Cl)c(Cl)c3)C2=O)c1)Nc1ccccc1Cl. The van der Waals surface area contributed by atoms with E-state index in [0.717, 1.165) is 16.7 Å². The van der Waals surface area contributed by atoms with Crippen molar-refractivity contribution < 1.29 is 19.1 Å². The Morgan fingerprint density at radius 2 is 1.74 bits per heavy atom. The number of carbonyl (C=O) groups excluding carboxylic acids is 3. The first-order chi connectivity index (χ1) is 16.8. The number of hydrogen-bond donors (Lipinski definition) is 1. The summed E-state index contributed by atoms with van der Waals surface area (Å²) in [6.07, 6.45) is 1.61. The molecule has 1 aliphatic heterocycles. The van der Waals surface area contributed by atoms with Crippen LogP contribution in [0.15, 0.2) is 71.6 Å². The van der Waals surface area contributed by atoms with E-state index >= 15 is 0 Å². The number of halogens is 3. The quantitative estimate of drug-likeness (QED) is 0.326. The van der Waals surface area contributed by atoms with Gasteiger partial charge in [-0.25, -0.2) is 0 Å². The van der Waals surface area contributed by atoms with Gasteiger partial charge in [-0.15, -0.1) is 0 Å². The van der Waals surface area contributed by atoms with Gasteiger partial charge in [0.05, 0.1) is 32.2 Å². The van der Waals surface area contributed by atoms with E-state index in [9.17, 15) is 14.4 Å². The van der Waals surface area contributed by atoms with E-state index in [1.807, 2.05) is 0 Å². The van der Waals surface area contributed by atoms with Gasteiger partial charge in [0.2, 0.25) is 0 Å². The number of nitrogens with zero attached hydrogens (tertiary/aromatic N) is 1. The van der Waals surface area contributed by atoms with E-state index in [1.165, 1.54) is 0 Å². The Morgan fingerprint density at radius 3 is 2.51 bits per heavy atom. The monoisotopic (exact) mass is 546 g/mol. The Kier molecular flexibility index (Phi) is 8.03.